The number of nitrogens with zero attached hydrogens (tertiary/aromatic N) is 1. The number of aryl methyl sites for hydroxylation is 2. The Morgan fingerprint density at radius 3 is 2.67 bits per heavy atom. The number of benzene rings is 1. The molecular weight excluding hydrogens is 266 g/mol. The molecule has 2 atom stereocenters. The summed E-state index contributed by atoms with van der Waals surface area (Å²) >= 11 is 0. The number of rotatable bonds is 5. The van der Waals surface area contributed by atoms with Gasteiger partial charge >= 0.3 is 0 Å². The van der Waals surface area contributed by atoms with Crippen molar-refractivity contribution in [1.29, 1.82) is 0 Å². The highest BCUT2D eigenvalue weighted by molar-refractivity contribution is 5.32. The summed E-state index contributed by atoms with van der Waals surface area (Å²) in [5.41, 5.74) is 3.85. The molecule has 4 nitrogen and oxygen atoms in total. The molecule has 1 aromatic carbocycles. The molecule has 4 heteroatoms. The van der Waals surface area contributed by atoms with Crippen LogP contribution in [0.2, 0.25) is 0 Å². The molecule has 0 aliphatic carbocycles. The van der Waals surface area contributed by atoms with Crippen molar-refractivity contribution in [1.82, 2.24) is 4.90 Å². The van der Waals surface area contributed by atoms with Crippen molar-refractivity contribution < 1.29 is 14.2 Å². The Morgan fingerprint density at radius 1 is 1.29 bits per heavy atom. The maximum absolute atomic E-state index is 6.07. The Balaban J connectivity index is 2.11. The topological polar surface area (TPSA) is 30.9 Å². The molecule has 0 amide bonds. The minimum absolute atomic E-state index is 0.121. The van der Waals surface area contributed by atoms with Gasteiger partial charge < -0.3 is 14.2 Å². The minimum atomic E-state index is -0.190. The fourth-order valence-electron chi connectivity index (χ4n) is 2.79. The van der Waals surface area contributed by atoms with Crippen molar-refractivity contribution >= 4 is 0 Å². The first-order valence-corrected chi connectivity index (χ1v) is 7.53. The Bertz CT molecular complexity index is 459. The molecule has 0 N–H and O–H groups in total. The molecule has 0 bridgehead atoms. The first-order chi connectivity index (χ1) is 10.0. The molecule has 2 rings (SSSR count). The Kier molecular flexibility index (Phi) is 5.76. The van der Waals surface area contributed by atoms with Crippen LogP contribution in [0.1, 0.15) is 29.7 Å². The summed E-state index contributed by atoms with van der Waals surface area (Å²) in [6.45, 7) is 8.82. The second-order valence-electron chi connectivity index (χ2n) is 5.89. The first-order valence-electron chi connectivity index (χ1n) is 7.53. The Hall–Kier alpha value is -0.940. The number of hydrogen-bond acceptors (Lipinski definition) is 4. The summed E-state index contributed by atoms with van der Waals surface area (Å²) in [4.78, 5) is 2.38. The third-order valence-corrected chi connectivity index (χ3v) is 4.25. The molecule has 1 fully saturated rings. The third kappa shape index (κ3) is 4.04. The number of hydrogen-bond donors (Lipinski definition) is 0. The summed E-state index contributed by atoms with van der Waals surface area (Å²) in [7, 11) is 3.36. The van der Waals surface area contributed by atoms with E-state index in [2.05, 4.69) is 43.9 Å². The van der Waals surface area contributed by atoms with Crippen molar-refractivity contribution in [2.24, 2.45) is 0 Å². The van der Waals surface area contributed by atoms with Gasteiger partial charge in [-0.1, -0.05) is 23.8 Å². The highest BCUT2D eigenvalue weighted by Crippen LogP contribution is 2.28. The fourth-order valence-corrected chi connectivity index (χ4v) is 2.79. The molecule has 0 unspecified atom stereocenters. The summed E-state index contributed by atoms with van der Waals surface area (Å²) in [6.07, 6.45) is -0.0692. The van der Waals surface area contributed by atoms with Gasteiger partial charge in [0.1, 0.15) is 0 Å². The lowest BCUT2D eigenvalue weighted by atomic mass is 9.99. The van der Waals surface area contributed by atoms with Crippen LogP contribution in [0.25, 0.3) is 0 Å². The van der Waals surface area contributed by atoms with Gasteiger partial charge in [0.25, 0.3) is 0 Å². The van der Waals surface area contributed by atoms with E-state index < -0.39 is 0 Å². The molecule has 1 aliphatic rings. The van der Waals surface area contributed by atoms with Gasteiger partial charge in [-0.05, 0) is 31.9 Å². The average molecular weight is 293 g/mol. The molecule has 1 aromatic rings. The molecular formula is C17H27NO3. The molecule has 1 aliphatic heterocycles. The average Bonchev–Trinajstić information content (AvgIpc) is 2.49. The Labute approximate surface area is 128 Å². The highest BCUT2D eigenvalue weighted by atomic mass is 16.7. The first kappa shape index (κ1) is 16.4. The van der Waals surface area contributed by atoms with Gasteiger partial charge in [0.15, 0.2) is 6.29 Å². The van der Waals surface area contributed by atoms with Gasteiger partial charge in [-0.2, -0.15) is 0 Å². The van der Waals surface area contributed by atoms with E-state index in [1.165, 1.54) is 16.7 Å². The van der Waals surface area contributed by atoms with Crippen LogP contribution >= 0.6 is 0 Å². The lowest BCUT2D eigenvalue weighted by Gasteiger charge is -2.39. The lowest BCUT2D eigenvalue weighted by Crippen LogP contribution is -2.48. The summed E-state index contributed by atoms with van der Waals surface area (Å²) < 4.78 is 16.7. The predicted octanol–water partition coefficient (Wildman–Crippen LogP) is 2.68. The molecule has 0 radical (unpaired) electrons. The van der Waals surface area contributed by atoms with E-state index in [4.69, 9.17) is 14.2 Å². The number of ether oxygens (including phenoxy) is 3. The van der Waals surface area contributed by atoms with E-state index in [-0.39, 0.29) is 12.4 Å². The largest absolute Gasteiger partial charge is 0.371 e. The SMILES string of the molecule is COC(CN1C[C@@H](c2cc(C)ccc2C)OC[C@H]1C)OC. The van der Waals surface area contributed by atoms with E-state index in [1.54, 1.807) is 14.2 Å². The third-order valence-electron chi connectivity index (χ3n) is 4.25. The van der Waals surface area contributed by atoms with Crippen LogP contribution in [-0.4, -0.2) is 51.1 Å². The van der Waals surface area contributed by atoms with Crippen LogP contribution < -0.4 is 0 Å². The van der Waals surface area contributed by atoms with Gasteiger partial charge in [0.05, 0.1) is 12.7 Å². The minimum Gasteiger partial charge on any atom is -0.371 e. The van der Waals surface area contributed by atoms with Crippen molar-refractivity contribution in [3.8, 4) is 0 Å². The van der Waals surface area contributed by atoms with Gasteiger partial charge in [-0.15, -0.1) is 0 Å². The molecule has 0 saturated carbocycles. The molecule has 118 valence electrons. The standard InChI is InChI=1S/C17H27NO3/c1-12-6-7-13(2)15(8-12)16-9-18(14(3)11-21-16)10-17(19-4)20-5/h6-8,14,16-17H,9-11H2,1-5H3/t14-,16+/m1/s1. The van der Waals surface area contributed by atoms with Crippen LogP contribution in [0.15, 0.2) is 18.2 Å². The monoisotopic (exact) mass is 293 g/mol. The van der Waals surface area contributed by atoms with E-state index >= 15 is 0 Å². The zero-order chi connectivity index (χ0) is 15.4. The number of methoxy groups -OCH3 is 2. The van der Waals surface area contributed by atoms with Crippen LogP contribution in [0.4, 0.5) is 0 Å². The normalized spacial score (nSPS) is 23.7. The zero-order valence-electron chi connectivity index (χ0n) is 13.8. The smallest absolute Gasteiger partial charge is 0.169 e. The molecule has 1 heterocycles. The quantitative estimate of drug-likeness (QED) is 0.781. The molecule has 0 aromatic heterocycles. The van der Waals surface area contributed by atoms with Crippen molar-refractivity contribution in [3.63, 3.8) is 0 Å². The summed E-state index contributed by atoms with van der Waals surface area (Å²) in [5.74, 6) is 0. The fraction of sp³-hybridized carbons (Fsp3) is 0.647. The van der Waals surface area contributed by atoms with E-state index in [1.807, 2.05) is 0 Å². The second-order valence-corrected chi connectivity index (χ2v) is 5.89. The lowest BCUT2D eigenvalue weighted by molar-refractivity contribution is -0.142. The van der Waals surface area contributed by atoms with Gasteiger partial charge in [0, 0.05) is 33.4 Å². The van der Waals surface area contributed by atoms with Gasteiger partial charge in [-0.3, -0.25) is 4.90 Å². The van der Waals surface area contributed by atoms with Crippen molar-refractivity contribution in [3.05, 3.63) is 34.9 Å². The Morgan fingerprint density at radius 2 is 2.00 bits per heavy atom. The summed E-state index contributed by atoms with van der Waals surface area (Å²) in [5, 5.41) is 0. The van der Waals surface area contributed by atoms with Crippen LogP contribution in [0.3, 0.4) is 0 Å². The second kappa shape index (κ2) is 7.36. The van der Waals surface area contributed by atoms with E-state index in [0.717, 1.165) is 19.7 Å². The maximum Gasteiger partial charge on any atom is 0.169 e. The van der Waals surface area contributed by atoms with Crippen LogP contribution in [-0.2, 0) is 14.2 Å². The predicted molar refractivity (Wildman–Crippen MR) is 83.5 cm³/mol. The zero-order valence-corrected chi connectivity index (χ0v) is 13.8. The summed E-state index contributed by atoms with van der Waals surface area (Å²) in [6, 6.07) is 6.93. The van der Waals surface area contributed by atoms with Crippen molar-refractivity contribution in [2.75, 3.05) is 33.9 Å². The number of morpholine rings is 1. The molecule has 1 saturated heterocycles. The highest BCUT2D eigenvalue weighted by Gasteiger charge is 2.29. The van der Waals surface area contributed by atoms with Crippen molar-refractivity contribution in [2.45, 2.75) is 39.2 Å². The van der Waals surface area contributed by atoms with Gasteiger partial charge in [-0.25, -0.2) is 0 Å². The maximum atomic E-state index is 6.07. The van der Waals surface area contributed by atoms with Gasteiger partial charge in [0.2, 0.25) is 0 Å². The van der Waals surface area contributed by atoms with Crippen LogP contribution in [0, 0.1) is 13.8 Å². The van der Waals surface area contributed by atoms with E-state index in [0.29, 0.717) is 6.04 Å². The molecule has 0 spiro atoms. The molecule has 21 heavy (non-hydrogen) atoms. The van der Waals surface area contributed by atoms with E-state index in [9.17, 15) is 0 Å². The van der Waals surface area contributed by atoms with Crippen LogP contribution in [0.5, 0.6) is 0 Å².